The Morgan fingerprint density at radius 3 is 2.52 bits per heavy atom. The number of aromatic nitrogens is 3. The molecule has 150 valence electrons. The molecule has 1 aromatic heterocycles. The van der Waals surface area contributed by atoms with Gasteiger partial charge in [0, 0.05) is 10.6 Å². The van der Waals surface area contributed by atoms with Gasteiger partial charge in [-0.15, -0.1) is 0 Å². The maximum atomic E-state index is 13.2. The number of halogens is 5. The number of rotatable bonds is 4. The van der Waals surface area contributed by atoms with Gasteiger partial charge < -0.3 is 5.73 Å². The van der Waals surface area contributed by atoms with Crippen molar-refractivity contribution >= 4 is 51.4 Å². The molecule has 0 amide bonds. The summed E-state index contributed by atoms with van der Waals surface area (Å²) in [5.41, 5.74) is 4.26. The van der Waals surface area contributed by atoms with Gasteiger partial charge in [-0.25, -0.2) is 0 Å². The first-order valence-electron chi connectivity index (χ1n) is 8.07. The third-order valence-electron chi connectivity index (χ3n) is 4.36. The molecule has 0 aliphatic carbocycles. The van der Waals surface area contributed by atoms with Gasteiger partial charge in [0.1, 0.15) is 21.4 Å². The zero-order chi connectivity index (χ0) is 21.6. The molecule has 0 saturated carbocycles. The monoisotopic (exact) mass is 457 g/mol. The number of hydrogen-bond acceptors (Lipinski definition) is 4. The van der Waals surface area contributed by atoms with Crippen LogP contribution in [-0.4, -0.2) is 20.0 Å². The molecule has 0 radical (unpaired) electrons. The van der Waals surface area contributed by atoms with Crippen molar-refractivity contribution < 1.29 is 13.2 Å². The topological polar surface area (TPSA) is 80.5 Å². The molecule has 1 atom stereocenters. The highest BCUT2D eigenvalue weighted by Crippen LogP contribution is 2.36. The van der Waals surface area contributed by atoms with E-state index in [-0.39, 0.29) is 27.7 Å². The molecule has 0 fully saturated rings. The fraction of sp³-hybridized carbons (Fsp3) is 0.222. The van der Waals surface area contributed by atoms with E-state index >= 15 is 0 Å². The molecule has 1 heterocycles. The number of alkyl halides is 3. The van der Waals surface area contributed by atoms with Crippen LogP contribution in [0.1, 0.15) is 23.6 Å². The summed E-state index contributed by atoms with van der Waals surface area (Å²) in [4.78, 5) is 1.07. The molecule has 0 saturated heterocycles. The predicted octanol–water partition coefficient (Wildman–Crippen LogP) is 4.87. The lowest BCUT2D eigenvalue weighted by molar-refractivity contribution is -0.137. The van der Waals surface area contributed by atoms with Crippen LogP contribution in [0.4, 0.5) is 13.2 Å². The molecule has 1 unspecified atom stereocenters. The summed E-state index contributed by atoms with van der Waals surface area (Å²) in [6.07, 6.45) is -4.59. The van der Waals surface area contributed by atoms with Crippen LogP contribution >= 0.6 is 35.4 Å². The van der Waals surface area contributed by atoms with E-state index in [9.17, 15) is 18.4 Å². The number of hydrogen-bond donors (Lipinski definition) is 1. The summed E-state index contributed by atoms with van der Waals surface area (Å²) in [7, 11) is 0. The first kappa shape index (κ1) is 21.3. The summed E-state index contributed by atoms with van der Waals surface area (Å²) >= 11 is 17.0. The lowest BCUT2D eigenvalue weighted by Gasteiger charge is -2.25. The Kier molecular flexibility index (Phi) is 5.47. The fourth-order valence-electron chi connectivity index (χ4n) is 2.92. The van der Waals surface area contributed by atoms with Gasteiger partial charge in [-0.05, 0) is 36.8 Å². The molecule has 0 aliphatic rings. The van der Waals surface area contributed by atoms with Crippen molar-refractivity contribution in [3.8, 4) is 6.07 Å². The fourth-order valence-corrected chi connectivity index (χ4v) is 3.61. The molecule has 0 aliphatic heterocycles. The Hall–Kier alpha value is -2.41. The van der Waals surface area contributed by atoms with Gasteiger partial charge in [0.05, 0.1) is 23.2 Å². The number of nitrogens with two attached hydrogens (primary N) is 1. The third kappa shape index (κ3) is 4.15. The first-order chi connectivity index (χ1) is 13.4. The van der Waals surface area contributed by atoms with E-state index in [2.05, 4.69) is 10.2 Å². The van der Waals surface area contributed by atoms with Crippen molar-refractivity contribution in [1.82, 2.24) is 15.0 Å². The van der Waals surface area contributed by atoms with Gasteiger partial charge in [-0.2, -0.15) is 33.4 Å². The first-order valence-corrected chi connectivity index (χ1v) is 9.24. The Morgan fingerprint density at radius 1 is 1.24 bits per heavy atom. The second kappa shape index (κ2) is 7.44. The SMILES string of the molecule is CC(C#N)(Cn1nc2cc(Cl)cc(Cl)c2n1)c1cc(C(F)(F)F)ccc1C(N)=S. The van der Waals surface area contributed by atoms with Gasteiger partial charge in [0.25, 0.3) is 0 Å². The van der Waals surface area contributed by atoms with E-state index in [1.165, 1.54) is 23.9 Å². The molecule has 2 N–H and O–H groups in total. The minimum atomic E-state index is -4.59. The molecule has 3 aromatic rings. The van der Waals surface area contributed by atoms with Crippen molar-refractivity contribution in [2.75, 3.05) is 0 Å². The van der Waals surface area contributed by atoms with E-state index in [0.29, 0.717) is 16.1 Å². The smallest absolute Gasteiger partial charge is 0.389 e. The molecular formula is C18H12Cl2F3N5S. The van der Waals surface area contributed by atoms with E-state index in [0.717, 1.165) is 12.1 Å². The predicted molar refractivity (Wildman–Crippen MR) is 108 cm³/mol. The minimum Gasteiger partial charge on any atom is -0.389 e. The average molecular weight is 458 g/mol. The number of thiocarbonyl (C=S) groups is 1. The lowest BCUT2D eigenvalue weighted by Crippen LogP contribution is -2.31. The van der Waals surface area contributed by atoms with Crippen LogP contribution in [0, 0.1) is 11.3 Å². The number of nitrogens with zero attached hydrogens (tertiary/aromatic N) is 4. The van der Waals surface area contributed by atoms with Crippen molar-refractivity contribution in [1.29, 1.82) is 5.26 Å². The van der Waals surface area contributed by atoms with Crippen LogP contribution in [-0.2, 0) is 18.1 Å². The molecule has 0 bridgehead atoms. The molecular weight excluding hydrogens is 446 g/mol. The highest BCUT2D eigenvalue weighted by atomic mass is 35.5. The standard InChI is InChI=1S/C18H12Cl2F3N5S/c1-17(7-24,8-28-26-14-6-10(19)5-13(20)15(14)27-28)12-4-9(18(21,22)23)2-3-11(12)16(25)29/h2-6H,8H2,1H3,(H2,25,29). The van der Waals surface area contributed by atoms with Gasteiger partial charge in [-0.3, -0.25) is 0 Å². The van der Waals surface area contributed by atoms with Crippen LogP contribution < -0.4 is 5.73 Å². The summed E-state index contributed by atoms with van der Waals surface area (Å²) in [6, 6.07) is 8.00. The second-order valence-corrected chi connectivity index (χ2v) is 7.84. The molecule has 29 heavy (non-hydrogen) atoms. The van der Waals surface area contributed by atoms with Gasteiger partial charge in [0.2, 0.25) is 0 Å². The lowest BCUT2D eigenvalue weighted by atomic mass is 9.80. The van der Waals surface area contributed by atoms with Crippen LogP contribution in [0.3, 0.4) is 0 Å². The Labute approximate surface area is 178 Å². The zero-order valence-corrected chi connectivity index (χ0v) is 17.1. The maximum absolute atomic E-state index is 13.2. The highest BCUT2D eigenvalue weighted by Gasteiger charge is 2.36. The number of benzene rings is 2. The second-order valence-electron chi connectivity index (χ2n) is 6.55. The average Bonchev–Trinajstić information content (AvgIpc) is 3.02. The van der Waals surface area contributed by atoms with Crippen LogP contribution in [0.15, 0.2) is 30.3 Å². The van der Waals surface area contributed by atoms with Crippen molar-refractivity contribution in [2.24, 2.45) is 5.73 Å². The van der Waals surface area contributed by atoms with E-state index in [1.807, 2.05) is 6.07 Å². The maximum Gasteiger partial charge on any atom is 0.416 e. The minimum absolute atomic E-state index is 0.0350. The summed E-state index contributed by atoms with van der Waals surface area (Å²) in [5.74, 6) is 0. The number of fused-ring (bicyclic) bond motifs is 1. The van der Waals surface area contributed by atoms with Crippen molar-refractivity contribution in [3.05, 3.63) is 57.1 Å². The van der Waals surface area contributed by atoms with Crippen LogP contribution in [0.2, 0.25) is 10.0 Å². The molecule has 3 rings (SSSR count). The van der Waals surface area contributed by atoms with E-state index < -0.39 is 17.2 Å². The summed E-state index contributed by atoms with van der Waals surface area (Å²) < 4.78 is 39.7. The molecule has 2 aromatic carbocycles. The van der Waals surface area contributed by atoms with Crippen molar-refractivity contribution in [2.45, 2.75) is 25.1 Å². The van der Waals surface area contributed by atoms with Crippen LogP contribution in [0.5, 0.6) is 0 Å². The van der Waals surface area contributed by atoms with Gasteiger partial charge in [0.15, 0.2) is 0 Å². The molecule has 11 heteroatoms. The third-order valence-corrected chi connectivity index (χ3v) is 5.08. The van der Waals surface area contributed by atoms with E-state index in [4.69, 9.17) is 41.2 Å². The largest absolute Gasteiger partial charge is 0.416 e. The van der Waals surface area contributed by atoms with Gasteiger partial charge in [-0.1, -0.05) is 41.5 Å². The van der Waals surface area contributed by atoms with Crippen LogP contribution in [0.25, 0.3) is 11.0 Å². The Bertz CT molecular complexity index is 1170. The van der Waals surface area contributed by atoms with Gasteiger partial charge >= 0.3 is 6.18 Å². The summed E-state index contributed by atoms with van der Waals surface area (Å²) in [6.45, 7) is 1.30. The van der Waals surface area contributed by atoms with Crippen molar-refractivity contribution in [3.63, 3.8) is 0 Å². The normalized spacial score (nSPS) is 13.8. The van der Waals surface area contributed by atoms with E-state index in [1.54, 1.807) is 6.07 Å². The molecule has 5 nitrogen and oxygen atoms in total. The number of nitriles is 1. The molecule has 0 spiro atoms. The summed E-state index contributed by atoms with van der Waals surface area (Å²) in [5, 5.41) is 18.9. The Balaban J connectivity index is 2.14. The highest BCUT2D eigenvalue weighted by molar-refractivity contribution is 7.80. The quantitative estimate of drug-likeness (QED) is 0.565. The zero-order valence-electron chi connectivity index (χ0n) is 14.8. The Morgan fingerprint density at radius 2 is 1.93 bits per heavy atom.